The van der Waals surface area contributed by atoms with Crippen LogP contribution in [0.4, 0.5) is 13.2 Å². The van der Waals surface area contributed by atoms with Crippen LogP contribution in [0.3, 0.4) is 0 Å². The molecule has 0 saturated carbocycles. The van der Waals surface area contributed by atoms with Crippen LogP contribution in [0.5, 0.6) is 11.5 Å². The molecule has 5 heteroatoms. The van der Waals surface area contributed by atoms with Gasteiger partial charge in [-0.2, -0.15) is 0 Å². The minimum atomic E-state index is -4.55. The van der Waals surface area contributed by atoms with E-state index in [-0.39, 0.29) is 0 Å². The average Bonchev–Trinajstić information content (AvgIpc) is 2.96. The molecule has 5 rings (SSSR count). The third kappa shape index (κ3) is 5.31. The van der Waals surface area contributed by atoms with Crippen LogP contribution in [-0.2, 0) is 0 Å². The molecule has 0 fully saturated rings. The monoisotopic (exact) mass is 568 g/mol. The van der Waals surface area contributed by atoms with E-state index in [1.807, 2.05) is 121 Å². The summed E-state index contributed by atoms with van der Waals surface area (Å²) in [6.07, 6.45) is -3.22. The maximum absolute atomic E-state index is 15.3. The van der Waals surface area contributed by atoms with Crippen LogP contribution in [-0.4, -0.2) is 19.4 Å². The topological polar surface area (TPSA) is 9.23 Å². The average molecular weight is 567 g/mol. The Morgan fingerprint density at radius 2 is 0.868 bits per heavy atom. The number of halogens is 3. The molecule has 0 aliphatic heterocycles. The molecule has 0 aliphatic carbocycles. The Labute approximate surface area is 223 Å². The van der Waals surface area contributed by atoms with Gasteiger partial charge >= 0.3 is 224 Å². The molecular weight excluding hydrogens is 542 g/mol. The summed E-state index contributed by atoms with van der Waals surface area (Å²) >= 11 is -4.49. The van der Waals surface area contributed by atoms with Gasteiger partial charge in [0.2, 0.25) is 0 Å². The normalized spacial score (nSPS) is 12.2. The third-order valence-electron chi connectivity index (χ3n) is 6.50. The van der Waals surface area contributed by atoms with Gasteiger partial charge in [-0.1, -0.05) is 0 Å². The first kappa shape index (κ1) is 25.6. The second-order valence-corrected chi connectivity index (χ2v) is 16.8. The van der Waals surface area contributed by atoms with E-state index in [9.17, 15) is 0 Å². The van der Waals surface area contributed by atoms with Crippen molar-refractivity contribution in [3.05, 3.63) is 156 Å². The van der Waals surface area contributed by atoms with Gasteiger partial charge in [0.1, 0.15) is 0 Å². The first-order chi connectivity index (χ1) is 18.5. The second kappa shape index (κ2) is 11.2. The van der Waals surface area contributed by atoms with E-state index in [1.54, 1.807) is 24.3 Å². The van der Waals surface area contributed by atoms with E-state index >= 15 is 13.2 Å². The molecule has 0 amide bonds. The number of allylic oxidation sites excluding steroid dienone is 1. The molecule has 0 radical (unpaired) electrons. The van der Waals surface area contributed by atoms with Crippen LogP contribution in [0.2, 0.25) is 0 Å². The van der Waals surface area contributed by atoms with Gasteiger partial charge < -0.3 is 0 Å². The molecule has 0 atom stereocenters. The maximum atomic E-state index is 15.3. The Morgan fingerprint density at radius 3 is 1.26 bits per heavy atom. The zero-order valence-corrected chi connectivity index (χ0v) is 22.6. The molecule has 0 bridgehead atoms. The summed E-state index contributed by atoms with van der Waals surface area (Å²) in [5.41, 5.74) is 0.468. The van der Waals surface area contributed by atoms with E-state index < -0.39 is 23.8 Å². The number of rotatable bonds is 7. The SMILES string of the molecule is FC(F)(F)/[C](=C/c1ccc(Oc2ccccc2)cc1)[Ge]([c]1ccccc1)([c]1ccccc1)[c]1ccccc1. The summed E-state index contributed by atoms with van der Waals surface area (Å²) < 4.78 is 53.4. The van der Waals surface area contributed by atoms with Crippen LogP contribution >= 0.6 is 0 Å². The molecule has 38 heavy (non-hydrogen) atoms. The summed E-state index contributed by atoms with van der Waals surface area (Å²) in [4.78, 5) is 0. The fourth-order valence-electron chi connectivity index (χ4n) is 4.86. The Hall–Kier alpha value is -4.03. The van der Waals surface area contributed by atoms with Gasteiger partial charge in [0, 0.05) is 0 Å². The van der Waals surface area contributed by atoms with Crippen molar-refractivity contribution in [1.29, 1.82) is 0 Å². The summed E-state index contributed by atoms with van der Waals surface area (Å²) in [6.45, 7) is 0. The summed E-state index contributed by atoms with van der Waals surface area (Å²) in [7, 11) is 0. The molecule has 0 heterocycles. The van der Waals surface area contributed by atoms with Gasteiger partial charge in [-0.25, -0.2) is 0 Å². The number of ether oxygens (including phenoxy) is 1. The second-order valence-electron chi connectivity index (χ2n) is 8.89. The van der Waals surface area contributed by atoms with Crippen LogP contribution in [0.1, 0.15) is 5.56 Å². The van der Waals surface area contributed by atoms with Crippen molar-refractivity contribution in [2.45, 2.75) is 6.18 Å². The summed E-state index contributed by atoms with van der Waals surface area (Å²) in [5.74, 6) is 1.22. The molecule has 1 nitrogen and oxygen atoms in total. The molecular formula is C33H25F3GeO. The predicted octanol–water partition coefficient (Wildman–Crippen LogP) is 7.13. The van der Waals surface area contributed by atoms with Gasteiger partial charge in [0.05, 0.1) is 0 Å². The van der Waals surface area contributed by atoms with Gasteiger partial charge in [-0.05, 0) is 0 Å². The van der Waals surface area contributed by atoms with E-state index in [0.717, 1.165) is 13.2 Å². The third-order valence-corrected chi connectivity index (χ3v) is 16.6. The number of alkyl halides is 3. The van der Waals surface area contributed by atoms with Crippen molar-refractivity contribution in [1.82, 2.24) is 0 Å². The van der Waals surface area contributed by atoms with E-state index in [1.165, 1.54) is 6.08 Å². The Morgan fingerprint density at radius 1 is 0.500 bits per heavy atom. The number of para-hydroxylation sites is 1. The molecule has 0 N–H and O–H groups in total. The van der Waals surface area contributed by atoms with Crippen LogP contribution in [0.25, 0.3) is 6.08 Å². The van der Waals surface area contributed by atoms with E-state index in [4.69, 9.17) is 4.74 Å². The van der Waals surface area contributed by atoms with Crippen molar-refractivity contribution in [2.75, 3.05) is 0 Å². The minimum absolute atomic E-state index is 0.468. The van der Waals surface area contributed by atoms with Crippen molar-refractivity contribution in [3.8, 4) is 11.5 Å². The first-order valence-electron chi connectivity index (χ1n) is 12.3. The predicted molar refractivity (Wildman–Crippen MR) is 151 cm³/mol. The van der Waals surface area contributed by atoms with Crippen molar-refractivity contribution in [3.63, 3.8) is 0 Å². The van der Waals surface area contributed by atoms with Gasteiger partial charge in [0.25, 0.3) is 0 Å². The molecule has 0 aliphatic rings. The molecule has 0 unspecified atom stereocenters. The fraction of sp³-hybridized carbons (Fsp3) is 0.0303. The fourth-order valence-corrected chi connectivity index (χ4v) is 15.0. The molecule has 0 aromatic heterocycles. The van der Waals surface area contributed by atoms with Gasteiger partial charge in [-0.3, -0.25) is 0 Å². The summed E-state index contributed by atoms with van der Waals surface area (Å²) in [6, 6.07) is 43.6. The van der Waals surface area contributed by atoms with Crippen LogP contribution in [0.15, 0.2) is 150 Å². The molecule has 5 aromatic carbocycles. The molecule has 188 valence electrons. The van der Waals surface area contributed by atoms with E-state index in [0.29, 0.717) is 17.1 Å². The van der Waals surface area contributed by atoms with Crippen molar-refractivity contribution >= 4 is 32.5 Å². The molecule has 0 saturated heterocycles. The van der Waals surface area contributed by atoms with Crippen LogP contribution < -0.4 is 17.9 Å². The molecule has 0 spiro atoms. The zero-order valence-electron chi connectivity index (χ0n) is 20.5. The van der Waals surface area contributed by atoms with Crippen molar-refractivity contribution in [2.24, 2.45) is 0 Å². The number of hydrogen-bond donors (Lipinski definition) is 0. The van der Waals surface area contributed by atoms with E-state index in [2.05, 4.69) is 0 Å². The quantitative estimate of drug-likeness (QED) is 0.190. The first-order valence-corrected chi connectivity index (χ1v) is 16.5. The summed E-state index contributed by atoms with van der Waals surface area (Å²) in [5, 5.41) is 0. The number of benzene rings is 5. The Kier molecular flexibility index (Phi) is 7.52. The van der Waals surface area contributed by atoms with Gasteiger partial charge in [-0.15, -0.1) is 0 Å². The van der Waals surface area contributed by atoms with Crippen LogP contribution in [0, 0.1) is 0 Å². The Balaban J connectivity index is 1.72. The standard InChI is InChI=1S/C33H25F3GeO/c34-33(35,36)32(25-26-21-23-31(24-22-26)38-30-19-11-4-12-20-30)37(27-13-5-1-6-14-27,28-15-7-2-8-16-28)29-17-9-3-10-18-29/h1-25H/b32-25-. The zero-order chi connectivity index (χ0) is 26.4. The van der Waals surface area contributed by atoms with Crippen molar-refractivity contribution < 1.29 is 17.9 Å². The Bertz CT molecular complexity index is 1390. The van der Waals surface area contributed by atoms with Gasteiger partial charge in [0.15, 0.2) is 0 Å². The molecule has 5 aromatic rings. The number of hydrogen-bond acceptors (Lipinski definition) is 1.